The SMILES string of the molecule is O=C(O)CCCS(=O)(=O)CCCO. The molecule has 0 unspecified atom stereocenters. The van der Waals surface area contributed by atoms with Gasteiger partial charge in [-0.05, 0) is 12.8 Å². The average Bonchev–Trinajstić information content (AvgIpc) is 2.00. The van der Waals surface area contributed by atoms with Gasteiger partial charge in [-0.15, -0.1) is 0 Å². The van der Waals surface area contributed by atoms with Crippen molar-refractivity contribution in [3.8, 4) is 0 Å². The van der Waals surface area contributed by atoms with Crippen molar-refractivity contribution < 1.29 is 23.4 Å². The van der Waals surface area contributed by atoms with E-state index < -0.39 is 15.8 Å². The molecule has 0 amide bonds. The Morgan fingerprint density at radius 3 is 2.15 bits per heavy atom. The van der Waals surface area contributed by atoms with Crippen molar-refractivity contribution in [2.24, 2.45) is 0 Å². The first-order valence-corrected chi connectivity index (χ1v) is 5.83. The van der Waals surface area contributed by atoms with Crippen LogP contribution in [0.2, 0.25) is 0 Å². The molecule has 0 spiro atoms. The smallest absolute Gasteiger partial charge is 0.303 e. The molecule has 0 aromatic rings. The molecule has 0 aromatic heterocycles. The monoisotopic (exact) mass is 210 g/mol. The molecule has 2 N–H and O–H groups in total. The van der Waals surface area contributed by atoms with Crippen LogP contribution in [0.3, 0.4) is 0 Å². The maximum atomic E-state index is 11.1. The van der Waals surface area contributed by atoms with E-state index in [2.05, 4.69) is 0 Å². The first-order valence-electron chi connectivity index (χ1n) is 4.01. The standard InChI is InChI=1S/C7H14O5S/c8-4-2-6-13(11,12)5-1-3-7(9)10/h8H,1-6H2,(H,9,10). The molecule has 0 aliphatic rings. The summed E-state index contributed by atoms with van der Waals surface area (Å²) in [4.78, 5) is 10.1. The van der Waals surface area contributed by atoms with Gasteiger partial charge in [-0.1, -0.05) is 0 Å². The Morgan fingerprint density at radius 2 is 1.69 bits per heavy atom. The molecular formula is C7H14O5S. The molecule has 5 nitrogen and oxygen atoms in total. The van der Waals surface area contributed by atoms with Crippen LogP contribution < -0.4 is 0 Å². The second-order valence-electron chi connectivity index (χ2n) is 2.73. The van der Waals surface area contributed by atoms with Gasteiger partial charge in [0.2, 0.25) is 0 Å². The lowest BCUT2D eigenvalue weighted by Gasteiger charge is -2.00. The fourth-order valence-corrected chi connectivity index (χ4v) is 2.19. The second-order valence-corrected chi connectivity index (χ2v) is 5.03. The van der Waals surface area contributed by atoms with Crippen LogP contribution in [0.1, 0.15) is 19.3 Å². The minimum absolute atomic E-state index is 0.0664. The van der Waals surface area contributed by atoms with Crippen LogP contribution in [-0.2, 0) is 14.6 Å². The van der Waals surface area contributed by atoms with Crippen molar-refractivity contribution in [3.05, 3.63) is 0 Å². The van der Waals surface area contributed by atoms with Crippen LogP contribution in [0, 0.1) is 0 Å². The number of aliphatic hydroxyl groups excluding tert-OH is 1. The topological polar surface area (TPSA) is 91.7 Å². The van der Waals surface area contributed by atoms with Gasteiger partial charge < -0.3 is 10.2 Å². The summed E-state index contributed by atoms with van der Waals surface area (Å²) in [6.45, 7) is -0.155. The van der Waals surface area contributed by atoms with Crippen molar-refractivity contribution >= 4 is 15.8 Å². The van der Waals surface area contributed by atoms with Crippen LogP contribution in [0.4, 0.5) is 0 Å². The van der Waals surface area contributed by atoms with E-state index in [1.807, 2.05) is 0 Å². The zero-order valence-corrected chi connectivity index (χ0v) is 8.09. The van der Waals surface area contributed by atoms with Gasteiger partial charge in [0.1, 0.15) is 9.84 Å². The maximum Gasteiger partial charge on any atom is 0.303 e. The third-order valence-electron chi connectivity index (χ3n) is 1.46. The normalized spacial score (nSPS) is 11.5. The average molecular weight is 210 g/mol. The number of sulfone groups is 1. The minimum Gasteiger partial charge on any atom is -0.481 e. The number of hydrogen-bond acceptors (Lipinski definition) is 4. The van der Waals surface area contributed by atoms with Gasteiger partial charge in [-0.2, -0.15) is 0 Å². The van der Waals surface area contributed by atoms with Gasteiger partial charge in [0.25, 0.3) is 0 Å². The summed E-state index contributed by atoms with van der Waals surface area (Å²) < 4.78 is 22.1. The summed E-state index contributed by atoms with van der Waals surface area (Å²) in [6, 6.07) is 0. The summed E-state index contributed by atoms with van der Waals surface area (Å²) in [5.41, 5.74) is 0. The number of carboxylic acid groups (broad SMARTS) is 1. The van der Waals surface area contributed by atoms with E-state index in [1.165, 1.54) is 0 Å². The Balaban J connectivity index is 3.70. The molecular weight excluding hydrogens is 196 g/mol. The number of carboxylic acids is 1. The van der Waals surface area contributed by atoms with Crippen molar-refractivity contribution in [2.45, 2.75) is 19.3 Å². The quantitative estimate of drug-likeness (QED) is 0.599. The van der Waals surface area contributed by atoms with Crippen LogP contribution in [0.15, 0.2) is 0 Å². The molecule has 0 saturated heterocycles. The van der Waals surface area contributed by atoms with Gasteiger partial charge in [0.05, 0.1) is 11.5 Å². The molecule has 78 valence electrons. The van der Waals surface area contributed by atoms with E-state index in [-0.39, 0.29) is 37.4 Å². The van der Waals surface area contributed by atoms with E-state index in [4.69, 9.17) is 10.2 Å². The van der Waals surface area contributed by atoms with Crippen molar-refractivity contribution in [2.75, 3.05) is 18.1 Å². The molecule has 6 heteroatoms. The van der Waals surface area contributed by atoms with Gasteiger partial charge in [0, 0.05) is 13.0 Å². The van der Waals surface area contributed by atoms with E-state index >= 15 is 0 Å². The highest BCUT2D eigenvalue weighted by Crippen LogP contribution is 1.99. The summed E-state index contributed by atoms with van der Waals surface area (Å²) in [7, 11) is -3.16. The number of hydrogen-bond donors (Lipinski definition) is 2. The summed E-state index contributed by atoms with van der Waals surface area (Å²) in [6.07, 6.45) is 0.233. The van der Waals surface area contributed by atoms with E-state index in [1.54, 1.807) is 0 Å². The number of aliphatic carboxylic acids is 1. The summed E-state index contributed by atoms with van der Waals surface area (Å²) >= 11 is 0. The zero-order chi connectivity index (χ0) is 10.3. The highest BCUT2D eigenvalue weighted by atomic mass is 32.2. The minimum atomic E-state index is -3.16. The highest BCUT2D eigenvalue weighted by Gasteiger charge is 2.10. The lowest BCUT2D eigenvalue weighted by Crippen LogP contribution is -2.13. The Labute approximate surface area is 77.3 Å². The first kappa shape index (κ1) is 12.4. The summed E-state index contributed by atoms with van der Waals surface area (Å²) in [5, 5.41) is 16.6. The molecule has 13 heavy (non-hydrogen) atoms. The Morgan fingerprint density at radius 1 is 1.15 bits per heavy atom. The van der Waals surface area contributed by atoms with E-state index in [9.17, 15) is 13.2 Å². The maximum absolute atomic E-state index is 11.1. The third kappa shape index (κ3) is 7.73. The van der Waals surface area contributed by atoms with Crippen molar-refractivity contribution in [3.63, 3.8) is 0 Å². The van der Waals surface area contributed by atoms with Gasteiger partial charge in [-0.3, -0.25) is 4.79 Å². The fourth-order valence-electron chi connectivity index (χ4n) is 0.830. The highest BCUT2D eigenvalue weighted by molar-refractivity contribution is 7.91. The molecule has 0 fully saturated rings. The molecule has 0 aromatic carbocycles. The predicted octanol–water partition coefficient (Wildman–Crippen LogP) is -0.352. The van der Waals surface area contributed by atoms with E-state index in [0.29, 0.717) is 0 Å². The van der Waals surface area contributed by atoms with Crippen LogP contribution in [0.5, 0.6) is 0 Å². The Bertz CT molecular complexity index is 244. The Hall–Kier alpha value is -0.620. The molecule has 0 heterocycles. The van der Waals surface area contributed by atoms with Crippen molar-refractivity contribution in [1.29, 1.82) is 0 Å². The van der Waals surface area contributed by atoms with Crippen LogP contribution in [-0.4, -0.2) is 42.7 Å². The lowest BCUT2D eigenvalue weighted by atomic mass is 10.3. The molecule has 0 bridgehead atoms. The number of aliphatic hydroxyl groups is 1. The number of rotatable bonds is 7. The van der Waals surface area contributed by atoms with E-state index in [0.717, 1.165) is 0 Å². The molecule has 0 radical (unpaired) electrons. The van der Waals surface area contributed by atoms with Gasteiger partial charge in [-0.25, -0.2) is 8.42 Å². The van der Waals surface area contributed by atoms with Crippen LogP contribution >= 0.6 is 0 Å². The molecule has 0 rings (SSSR count). The molecule has 0 aliphatic heterocycles. The third-order valence-corrected chi connectivity index (χ3v) is 3.28. The summed E-state index contributed by atoms with van der Waals surface area (Å²) in [5.74, 6) is -1.17. The molecule has 0 atom stereocenters. The Kier molecular flexibility index (Phi) is 5.65. The zero-order valence-electron chi connectivity index (χ0n) is 7.27. The predicted molar refractivity (Wildman–Crippen MR) is 47.2 cm³/mol. The van der Waals surface area contributed by atoms with Gasteiger partial charge in [0.15, 0.2) is 0 Å². The van der Waals surface area contributed by atoms with Crippen molar-refractivity contribution in [1.82, 2.24) is 0 Å². The number of carbonyl (C=O) groups is 1. The fraction of sp³-hybridized carbons (Fsp3) is 0.857. The van der Waals surface area contributed by atoms with Crippen LogP contribution in [0.25, 0.3) is 0 Å². The largest absolute Gasteiger partial charge is 0.481 e. The van der Waals surface area contributed by atoms with Gasteiger partial charge >= 0.3 is 5.97 Å². The molecule has 0 aliphatic carbocycles. The molecule has 0 saturated carbocycles. The first-order chi connectivity index (χ1) is 5.98. The second kappa shape index (κ2) is 5.93. The lowest BCUT2D eigenvalue weighted by molar-refractivity contribution is -0.137.